The van der Waals surface area contributed by atoms with Crippen LogP contribution in [0.5, 0.6) is 5.75 Å². The number of primary amides is 1. The number of nitrogens with zero attached hydrogens (tertiary/aromatic N) is 2. The summed E-state index contributed by atoms with van der Waals surface area (Å²) in [5.41, 5.74) is 7.32. The molecular formula is C21H19N3O5S. The molecule has 2 aromatic rings. The summed E-state index contributed by atoms with van der Waals surface area (Å²) in [5, 5.41) is 9.58. The topological polar surface area (TPSA) is 122 Å². The number of nitrogens with two attached hydrogens (primary N) is 1. The smallest absolute Gasteiger partial charge is 0.335 e. The fourth-order valence-corrected chi connectivity index (χ4v) is 3.61. The van der Waals surface area contributed by atoms with Crippen LogP contribution in [0.3, 0.4) is 0 Å². The first-order valence-electron chi connectivity index (χ1n) is 8.86. The van der Waals surface area contributed by atoms with Crippen molar-refractivity contribution < 1.29 is 24.2 Å². The number of likely N-dealkylation sites (N-methyl/N-ethyl adjacent to an activating group) is 1. The van der Waals surface area contributed by atoms with Crippen LogP contribution in [0.2, 0.25) is 0 Å². The van der Waals surface area contributed by atoms with Crippen LogP contribution in [-0.4, -0.2) is 46.6 Å². The molecule has 1 heterocycles. The quantitative estimate of drug-likeness (QED) is 0.686. The summed E-state index contributed by atoms with van der Waals surface area (Å²) in [5.74, 6) is -1.25. The monoisotopic (exact) mass is 425 g/mol. The second kappa shape index (κ2) is 8.83. The molecule has 9 heteroatoms. The lowest BCUT2D eigenvalue weighted by molar-refractivity contribution is -0.121. The lowest BCUT2D eigenvalue weighted by Gasteiger charge is -2.08. The Balaban J connectivity index is 1.79. The molecular weight excluding hydrogens is 406 g/mol. The molecule has 0 aliphatic carbocycles. The van der Waals surface area contributed by atoms with E-state index in [2.05, 4.69) is 4.99 Å². The molecule has 0 saturated carbocycles. The SMILES string of the molecule is Cc1cc(C(=O)O)ccc1N=C1S/C(=C\c2ccc(OCC(N)=O)cc2)C(=O)N1C. The van der Waals surface area contributed by atoms with Gasteiger partial charge in [-0.25, -0.2) is 9.79 Å². The van der Waals surface area contributed by atoms with E-state index in [1.807, 2.05) is 0 Å². The van der Waals surface area contributed by atoms with Crippen molar-refractivity contribution in [3.05, 3.63) is 64.1 Å². The van der Waals surface area contributed by atoms with Crippen molar-refractivity contribution in [1.29, 1.82) is 0 Å². The molecule has 3 rings (SSSR count). The number of carboxylic acids is 1. The van der Waals surface area contributed by atoms with Crippen molar-refractivity contribution in [2.24, 2.45) is 10.7 Å². The Kier molecular flexibility index (Phi) is 6.22. The van der Waals surface area contributed by atoms with E-state index >= 15 is 0 Å². The van der Waals surface area contributed by atoms with Crippen molar-refractivity contribution in [2.45, 2.75) is 6.92 Å². The van der Waals surface area contributed by atoms with E-state index in [9.17, 15) is 14.4 Å². The fourth-order valence-electron chi connectivity index (χ4n) is 2.63. The predicted molar refractivity (Wildman–Crippen MR) is 115 cm³/mol. The Labute approximate surface area is 177 Å². The van der Waals surface area contributed by atoms with Crippen LogP contribution in [0.1, 0.15) is 21.5 Å². The molecule has 0 radical (unpaired) electrons. The number of ether oxygens (including phenoxy) is 1. The number of carboxylic acid groups (broad SMARTS) is 1. The molecule has 2 amide bonds. The average molecular weight is 425 g/mol. The van der Waals surface area contributed by atoms with Gasteiger partial charge >= 0.3 is 5.97 Å². The Morgan fingerprint density at radius 1 is 1.23 bits per heavy atom. The number of hydrogen-bond acceptors (Lipinski definition) is 6. The van der Waals surface area contributed by atoms with E-state index in [-0.39, 0.29) is 18.1 Å². The van der Waals surface area contributed by atoms with Crippen LogP contribution >= 0.6 is 11.8 Å². The van der Waals surface area contributed by atoms with Crippen LogP contribution in [0, 0.1) is 6.92 Å². The van der Waals surface area contributed by atoms with Crippen LogP contribution < -0.4 is 10.5 Å². The summed E-state index contributed by atoms with van der Waals surface area (Å²) in [4.78, 5) is 40.9. The number of aromatic carboxylic acids is 1. The molecule has 3 N–H and O–H groups in total. The highest BCUT2D eigenvalue weighted by atomic mass is 32.2. The Bertz CT molecular complexity index is 1080. The van der Waals surface area contributed by atoms with Crippen molar-refractivity contribution in [3.8, 4) is 5.75 Å². The number of carbonyl (C=O) groups excluding carboxylic acids is 2. The van der Waals surface area contributed by atoms with Gasteiger partial charge in [-0.05, 0) is 66.2 Å². The van der Waals surface area contributed by atoms with Gasteiger partial charge in [0.25, 0.3) is 11.8 Å². The molecule has 1 aliphatic heterocycles. The van der Waals surface area contributed by atoms with E-state index in [0.717, 1.165) is 5.56 Å². The molecule has 0 bridgehead atoms. The summed E-state index contributed by atoms with van der Waals surface area (Å²) >= 11 is 1.23. The normalized spacial score (nSPS) is 16.3. The molecule has 8 nitrogen and oxygen atoms in total. The zero-order valence-electron chi connectivity index (χ0n) is 16.3. The van der Waals surface area contributed by atoms with Gasteiger partial charge in [0.1, 0.15) is 5.75 Å². The number of amides is 2. The first-order chi connectivity index (χ1) is 14.2. The number of thioether (sulfide) groups is 1. The number of aryl methyl sites for hydroxylation is 1. The largest absolute Gasteiger partial charge is 0.484 e. The van der Waals surface area contributed by atoms with E-state index < -0.39 is 11.9 Å². The number of aliphatic imine (C=N–C) groups is 1. The van der Waals surface area contributed by atoms with Crippen molar-refractivity contribution >= 4 is 46.5 Å². The second-order valence-electron chi connectivity index (χ2n) is 6.50. The maximum absolute atomic E-state index is 12.6. The predicted octanol–water partition coefficient (Wildman–Crippen LogP) is 2.79. The third kappa shape index (κ3) is 4.87. The Morgan fingerprint density at radius 2 is 1.93 bits per heavy atom. The van der Waals surface area contributed by atoms with Crippen molar-refractivity contribution in [1.82, 2.24) is 4.90 Å². The van der Waals surface area contributed by atoms with Gasteiger partial charge in [0.15, 0.2) is 11.8 Å². The highest BCUT2D eigenvalue weighted by Gasteiger charge is 2.30. The molecule has 154 valence electrons. The Morgan fingerprint density at radius 3 is 2.53 bits per heavy atom. The average Bonchev–Trinajstić information content (AvgIpc) is 2.96. The molecule has 1 saturated heterocycles. The van der Waals surface area contributed by atoms with Gasteiger partial charge < -0.3 is 15.6 Å². The highest BCUT2D eigenvalue weighted by molar-refractivity contribution is 8.18. The van der Waals surface area contributed by atoms with Gasteiger partial charge in [0.05, 0.1) is 16.2 Å². The van der Waals surface area contributed by atoms with E-state index in [0.29, 0.717) is 27.1 Å². The van der Waals surface area contributed by atoms with Gasteiger partial charge in [-0.3, -0.25) is 14.5 Å². The molecule has 0 aromatic heterocycles. The van der Waals surface area contributed by atoms with E-state index in [4.69, 9.17) is 15.6 Å². The standard InChI is InChI=1S/C21H19N3O5S/c1-12-9-14(20(27)28)5-8-16(12)23-21-24(2)19(26)17(30-21)10-13-3-6-15(7-4-13)29-11-18(22)25/h3-10H,11H2,1-2H3,(H2,22,25)(H,27,28)/b17-10-,23-21?. The molecule has 0 atom stereocenters. The highest BCUT2D eigenvalue weighted by Crippen LogP contribution is 2.34. The molecule has 2 aromatic carbocycles. The maximum atomic E-state index is 12.6. The lowest BCUT2D eigenvalue weighted by atomic mass is 10.1. The third-order valence-electron chi connectivity index (χ3n) is 4.22. The summed E-state index contributed by atoms with van der Waals surface area (Å²) in [6.07, 6.45) is 1.74. The minimum atomic E-state index is -1.00. The van der Waals surface area contributed by atoms with Gasteiger partial charge in [-0.1, -0.05) is 12.1 Å². The molecule has 30 heavy (non-hydrogen) atoms. The second-order valence-corrected chi connectivity index (χ2v) is 7.51. The summed E-state index contributed by atoms with van der Waals surface area (Å²) in [6.45, 7) is 1.57. The summed E-state index contributed by atoms with van der Waals surface area (Å²) in [7, 11) is 1.64. The van der Waals surface area contributed by atoms with Gasteiger partial charge in [-0.2, -0.15) is 0 Å². The number of carbonyl (C=O) groups is 3. The first kappa shape index (κ1) is 21.1. The van der Waals surface area contributed by atoms with Crippen molar-refractivity contribution in [3.63, 3.8) is 0 Å². The molecule has 1 fully saturated rings. The van der Waals surface area contributed by atoms with Gasteiger partial charge in [0.2, 0.25) is 0 Å². The van der Waals surface area contributed by atoms with Crippen LogP contribution in [0.15, 0.2) is 52.4 Å². The lowest BCUT2D eigenvalue weighted by Crippen LogP contribution is -2.23. The summed E-state index contributed by atoms with van der Waals surface area (Å²) < 4.78 is 5.22. The molecule has 1 aliphatic rings. The van der Waals surface area contributed by atoms with Crippen LogP contribution in [0.4, 0.5) is 5.69 Å². The van der Waals surface area contributed by atoms with E-state index in [1.165, 1.54) is 22.7 Å². The van der Waals surface area contributed by atoms with Gasteiger partial charge in [0, 0.05) is 7.05 Å². The minimum Gasteiger partial charge on any atom is -0.484 e. The fraction of sp³-hybridized carbons (Fsp3) is 0.143. The molecule has 0 spiro atoms. The van der Waals surface area contributed by atoms with E-state index in [1.54, 1.807) is 56.4 Å². The van der Waals surface area contributed by atoms with Crippen LogP contribution in [-0.2, 0) is 9.59 Å². The zero-order valence-corrected chi connectivity index (χ0v) is 17.1. The molecule has 0 unspecified atom stereocenters. The number of rotatable bonds is 6. The third-order valence-corrected chi connectivity index (χ3v) is 5.28. The number of benzene rings is 2. The minimum absolute atomic E-state index is 0.184. The zero-order chi connectivity index (χ0) is 21.8. The van der Waals surface area contributed by atoms with Crippen LogP contribution in [0.25, 0.3) is 6.08 Å². The van der Waals surface area contributed by atoms with Gasteiger partial charge in [-0.15, -0.1) is 0 Å². The van der Waals surface area contributed by atoms with Crippen molar-refractivity contribution in [2.75, 3.05) is 13.7 Å². The maximum Gasteiger partial charge on any atom is 0.335 e. The number of amidine groups is 1. The Hall–Kier alpha value is -3.59. The summed E-state index contributed by atoms with van der Waals surface area (Å²) in [6, 6.07) is 11.5. The number of hydrogen-bond donors (Lipinski definition) is 2. The first-order valence-corrected chi connectivity index (χ1v) is 9.67.